The van der Waals surface area contributed by atoms with Crippen LogP contribution >= 0.6 is 0 Å². The van der Waals surface area contributed by atoms with Crippen LogP contribution in [0.25, 0.3) is 11.3 Å². The Labute approximate surface area is 157 Å². The SMILES string of the molecule is CCCC[N+](C)(CC#CCOc1cc(-c2ccccc2)on1)CCCC. The Morgan fingerprint density at radius 3 is 2.38 bits per heavy atom. The molecule has 1 aromatic heterocycles. The summed E-state index contributed by atoms with van der Waals surface area (Å²) in [4.78, 5) is 0. The number of hydrogen-bond acceptors (Lipinski definition) is 3. The molecule has 140 valence electrons. The molecule has 1 aromatic carbocycles. The highest BCUT2D eigenvalue weighted by molar-refractivity contribution is 5.57. The highest BCUT2D eigenvalue weighted by Crippen LogP contribution is 2.22. The first kappa shape index (κ1) is 20.1. The van der Waals surface area contributed by atoms with Crippen LogP contribution in [-0.4, -0.2) is 42.9 Å². The van der Waals surface area contributed by atoms with Crippen molar-refractivity contribution >= 4 is 0 Å². The normalized spacial score (nSPS) is 11.0. The maximum Gasteiger partial charge on any atom is 0.255 e. The van der Waals surface area contributed by atoms with Gasteiger partial charge in [0, 0.05) is 11.6 Å². The molecule has 2 aromatic rings. The van der Waals surface area contributed by atoms with E-state index in [1.807, 2.05) is 30.3 Å². The largest absolute Gasteiger partial charge is 0.462 e. The first-order chi connectivity index (χ1) is 12.7. The quantitative estimate of drug-likeness (QED) is 0.455. The summed E-state index contributed by atoms with van der Waals surface area (Å²) in [5, 5.41) is 3.95. The molecule has 0 saturated carbocycles. The second kappa shape index (κ2) is 10.7. The molecule has 0 atom stereocenters. The van der Waals surface area contributed by atoms with Gasteiger partial charge in [-0.15, -0.1) is 0 Å². The van der Waals surface area contributed by atoms with Gasteiger partial charge in [-0.3, -0.25) is 0 Å². The van der Waals surface area contributed by atoms with Crippen LogP contribution in [0.15, 0.2) is 40.9 Å². The van der Waals surface area contributed by atoms with Crippen LogP contribution in [-0.2, 0) is 0 Å². The van der Waals surface area contributed by atoms with E-state index in [2.05, 4.69) is 37.9 Å². The third kappa shape index (κ3) is 6.57. The molecule has 26 heavy (non-hydrogen) atoms. The van der Waals surface area contributed by atoms with Gasteiger partial charge in [0.1, 0.15) is 6.54 Å². The van der Waals surface area contributed by atoms with Gasteiger partial charge in [-0.1, -0.05) is 62.9 Å². The average molecular weight is 356 g/mol. The minimum atomic E-state index is 0.336. The minimum Gasteiger partial charge on any atom is -0.462 e. The van der Waals surface area contributed by atoms with Crippen molar-refractivity contribution in [1.82, 2.24) is 5.16 Å². The number of nitrogens with zero attached hydrogens (tertiary/aromatic N) is 2. The highest BCUT2D eigenvalue weighted by atomic mass is 16.5. The summed E-state index contributed by atoms with van der Waals surface area (Å²) in [5.74, 6) is 7.60. The summed E-state index contributed by atoms with van der Waals surface area (Å²) in [6, 6.07) is 11.7. The number of aromatic nitrogens is 1. The standard InChI is InChI=1S/C22H31N2O2/c1-4-6-15-24(3,16-7-5-2)17-11-12-18-25-22-19-21(26-23-22)20-13-9-8-10-14-20/h8-10,13-14,19H,4-7,15-18H2,1-3H3/q+1. The molecule has 4 heteroatoms. The fraction of sp³-hybridized carbons (Fsp3) is 0.500. The van der Waals surface area contributed by atoms with Crippen LogP contribution < -0.4 is 4.74 Å². The third-order valence-corrected chi connectivity index (χ3v) is 4.53. The van der Waals surface area contributed by atoms with E-state index in [1.54, 1.807) is 6.07 Å². The van der Waals surface area contributed by atoms with Gasteiger partial charge in [0.25, 0.3) is 5.88 Å². The lowest BCUT2D eigenvalue weighted by molar-refractivity contribution is -0.903. The van der Waals surface area contributed by atoms with Gasteiger partial charge in [-0.05, 0) is 23.9 Å². The molecular weight excluding hydrogens is 324 g/mol. The van der Waals surface area contributed by atoms with Crippen molar-refractivity contribution < 1.29 is 13.7 Å². The molecule has 0 aliphatic heterocycles. The number of benzene rings is 1. The van der Waals surface area contributed by atoms with E-state index in [1.165, 1.54) is 38.8 Å². The Morgan fingerprint density at radius 2 is 1.73 bits per heavy atom. The first-order valence-electron chi connectivity index (χ1n) is 9.61. The number of rotatable bonds is 10. The van der Waals surface area contributed by atoms with E-state index in [9.17, 15) is 0 Å². The lowest BCUT2D eigenvalue weighted by Gasteiger charge is -2.32. The van der Waals surface area contributed by atoms with Crippen LogP contribution in [0.3, 0.4) is 0 Å². The molecule has 0 amide bonds. The predicted molar refractivity (Wildman–Crippen MR) is 106 cm³/mol. The fourth-order valence-electron chi connectivity index (χ4n) is 2.82. The highest BCUT2D eigenvalue weighted by Gasteiger charge is 2.18. The molecule has 0 bridgehead atoms. The van der Waals surface area contributed by atoms with Gasteiger partial charge >= 0.3 is 0 Å². The molecule has 0 fully saturated rings. The number of quaternary nitrogens is 1. The topological polar surface area (TPSA) is 35.3 Å². The fourth-order valence-corrected chi connectivity index (χ4v) is 2.82. The van der Waals surface area contributed by atoms with Crippen LogP contribution in [0.4, 0.5) is 0 Å². The molecule has 2 rings (SSSR count). The van der Waals surface area contributed by atoms with Crippen molar-refractivity contribution in [2.24, 2.45) is 0 Å². The summed E-state index contributed by atoms with van der Waals surface area (Å²) in [7, 11) is 2.31. The smallest absolute Gasteiger partial charge is 0.255 e. The molecule has 0 unspecified atom stereocenters. The predicted octanol–water partition coefficient (Wildman–Crippen LogP) is 4.77. The van der Waals surface area contributed by atoms with Crippen LogP contribution in [0.5, 0.6) is 5.88 Å². The van der Waals surface area contributed by atoms with Gasteiger partial charge in [0.15, 0.2) is 12.4 Å². The van der Waals surface area contributed by atoms with Gasteiger partial charge in [0.2, 0.25) is 0 Å². The summed E-state index contributed by atoms with van der Waals surface area (Å²) >= 11 is 0. The van der Waals surface area contributed by atoms with Crippen molar-refractivity contribution in [1.29, 1.82) is 0 Å². The summed E-state index contributed by atoms with van der Waals surface area (Å²) < 4.78 is 11.9. The average Bonchev–Trinajstić information content (AvgIpc) is 3.14. The van der Waals surface area contributed by atoms with Crippen molar-refractivity contribution in [3.63, 3.8) is 0 Å². The van der Waals surface area contributed by atoms with Crippen molar-refractivity contribution in [2.75, 3.05) is 33.3 Å². The molecule has 0 aliphatic rings. The Balaban J connectivity index is 1.83. The Morgan fingerprint density at radius 1 is 1.04 bits per heavy atom. The van der Waals surface area contributed by atoms with E-state index < -0.39 is 0 Å². The van der Waals surface area contributed by atoms with E-state index in [-0.39, 0.29) is 0 Å². The molecule has 0 N–H and O–H groups in total. The molecule has 0 saturated heterocycles. The lowest BCUT2D eigenvalue weighted by Crippen LogP contribution is -2.45. The third-order valence-electron chi connectivity index (χ3n) is 4.53. The van der Waals surface area contributed by atoms with Crippen molar-refractivity contribution in [3.8, 4) is 29.0 Å². The number of hydrogen-bond donors (Lipinski definition) is 0. The van der Waals surface area contributed by atoms with Crippen LogP contribution in [0, 0.1) is 11.8 Å². The monoisotopic (exact) mass is 355 g/mol. The van der Waals surface area contributed by atoms with Crippen LogP contribution in [0.1, 0.15) is 39.5 Å². The second-order valence-corrected chi connectivity index (χ2v) is 6.97. The van der Waals surface area contributed by atoms with Gasteiger partial charge in [-0.25, -0.2) is 0 Å². The van der Waals surface area contributed by atoms with E-state index in [4.69, 9.17) is 9.26 Å². The Bertz CT molecular complexity index is 690. The van der Waals surface area contributed by atoms with Gasteiger partial charge in [-0.2, -0.15) is 0 Å². The lowest BCUT2D eigenvalue weighted by atomic mass is 10.2. The second-order valence-electron chi connectivity index (χ2n) is 6.97. The van der Waals surface area contributed by atoms with Gasteiger partial charge < -0.3 is 13.7 Å². The zero-order chi connectivity index (χ0) is 18.7. The Hall–Kier alpha value is -2.25. The van der Waals surface area contributed by atoms with E-state index >= 15 is 0 Å². The van der Waals surface area contributed by atoms with Gasteiger partial charge in [0.05, 0.1) is 20.1 Å². The Kier molecular flexibility index (Phi) is 8.24. The summed E-state index contributed by atoms with van der Waals surface area (Å²) in [6.07, 6.45) is 4.96. The van der Waals surface area contributed by atoms with Crippen molar-refractivity contribution in [3.05, 3.63) is 36.4 Å². The molecule has 0 radical (unpaired) electrons. The zero-order valence-electron chi connectivity index (χ0n) is 16.3. The number of ether oxygens (including phenoxy) is 1. The van der Waals surface area contributed by atoms with E-state index in [0.29, 0.717) is 18.2 Å². The minimum absolute atomic E-state index is 0.336. The summed E-state index contributed by atoms with van der Waals surface area (Å²) in [6.45, 7) is 8.07. The first-order valence-corrected chi connectivity index (χ1v) is 9.61. The molecule has 0 spiro atoms. The molecule has 0 aliphatic carbocycles. The molecule has 4 nitrogen and oxygen atoms in total. The molecule has 1 heterocycles. The maximum absolute atomic E-state index is 5.60. The summed E-state index contributed by atoms with van der Waals surface area (Å²) in [5.41, 5.74) is 0.987. The maximum atomic E-state index is 5.60. The molecular formula is C22H31N2O2+. The van der Waals surface area contributed by atoms with Crippen molar-refractivity contribution in [2.45, 2.75) is 39.5 Å². The van der Waals surface area contributed by atoms with E-state index in [0.717, 1.165) is 16.6 Å². The zero-order valence-corrected chi connectivity index (χ0v) is 16.3. The number of unbranched alkanes of at least 4 members (excludes halogenated alkanes) is 2. The van der Waals surface area contributed by atoms with Crippen LogP contribution in [0.2, 0.25) is 0 Å².